The quantitative estimate of drug-likeness (QED) is 0.879. The second-order valence-electron chi connectivity index (χ2n) is 5.73. The summed E-state index contributed by atoms with van der Waals surface area (Å²) in [4.78, 5) is 16.5. The summed E-state index contributed by atoms with van der Waals surface area (Å²) in [5.41, 5.74) is 0.899. The second-order valence-corrected chi connectivity index (χ2v) is 7.28. The molecule has 4 nitrogen and oxygen atoms in total. The van der Waals surface area contributed by atoms with Crippen LogP contribution in [-0.4, -0.2) is 24.0 Å². The Kier molecular flexibility index (Phi) is 5.28. The first-order valence-electron chi connectivity index (χ1n) is 7.73. The normalized spacial score (nSPS) is 16.0. The number of thiazole rings is 1. The van der Waals surface area contributed by atoms with Crippen molar-refractivity contribution in [3.05, 3.63) is 28.2 Å². The van der Waals surface area contributed by atoms with Crippen LogP contribution in [0.3, 0.4) is 0 Å². The number of hydrogen-bond donors (Lipinski definition) is 2. The van der Waals surface area contributed by atoms with E-state index in [9.17, 15) is 4.79 Å². The molecule has 118 valence electrons. The van der Waals surface area contributed by atoms with Crippen molar-refractivity contribution < 1.29 is 4.79 Å². The summed E-state index contributed by atoms with van der Waals surface area (Å²) in [6.45, 7) is 2.67. The van der Waals surface area contributed by atoms with E-state index in [1.165, 1.54) is 12.8 Å². The maximum absolute atomic E-state index is 12.0. The van der Waals surface area contributed by atoms with Crippen LogP contribution in [0, 0.1) is 5.92 Å². The molecule has 0 unspecified atom stereocenters. The minimum Gasteiger partial charge on any atom is -0.350 e. The van der Waals surface area contributed by atoms with Crippen LogP contribution >= 0.6 is 22.9 Å². The molecule has 3 rings (SSSR count). The van der Waals surface area contributed by atoms with Gasteiger partial charge in [-0.2, -0.15) is 0 Å². The Labute approximate surface area is 139 Å². The van der Waals surface area contributed by atoms with Crippen molar-refractivity contribution in [2.45, 2.75) is 32.2 Å². The van der Waals surface area contributed by atoms with Crippen LogP contribution in [0.5, 0.6) is 0 Å². The van der Waals surface area contributed by atoms with Crippen LogP contribution in [0.25, 0.3) is 10.2 Å². The standard InChI is InChI=1S/C16H20ClN3OS/c17-12-2-3-14-13(9-12)20-16(22-14)10-19-15(21)4-1-11-5-7-18-8-6-11/h2-3,9,11,18H,1,4-8,10H2,(H,19,21). The molecule has 6 heteroatoms. The fourth-order valence-electron chi connectivity index (χ4n) is 2.79. The Morgan fingerprint density at radius 3 is 3.05 bits per heavy atom. The van der Waals surface area contributed by atoms with Gasteiger partial charge in [-0.05, 0) is 56.5 Å². The Morgan fingerprint density at radius 2 is 2.23 bits per heavy atom. The summed E-state index contributed by atoms with van der Waals surface area (Å²) in [6.07, 6.45) is 3.97. The molecule has 1 aromatic carbocycles. The van der Waals surface area contributed by atoms with E-state index in [-0.39, 0.29) is 5.91 Å². The van der Waals surface area contributed by atoms with Gasteiger partial charge in [-0.1, -0.05) is 11.6 Å². The number of fused-ring (bicyclic) bond motifs is 1. The van der Waals surface area contributed by atoms with Crippen molar-refractivity contribution in [1.82, 2.24) is 15.6 Å². The Hall–Kier alpha value is -1.17. The predicted octanol–water partition coefficient (Wildman–Crippen LogP) is 3.35. The van der Waals surface area contributed by atoms with Crippen LogP contribution in [-0.2, 0) is 11.3 Å². The lowest BCUT2D eigenvalue weighted by Gasteiger charge is -2.22. The van der Waals surface area contributed by atoms with Crippen LogP contribution < -0.4 is 10.6 Å². The molecule has 1 fully saturated rings. The van der Waals surface area contributed by atoms with E-state index in [0.717, 1.165) is 34.7 Å². The third kappa shape index (κ3) is 4.18. The van der Waals surface area contributed by atoms with Gasteiger partial charge in [0.1, 0.15) is 5.01 Å². The summed E-state index contributed by atoms with van der Waals surface area (Å²) in [5.74, 6) is 0.812. The Balaban J connectivity index is 1.47. The monoisotopic (exact) mass is 337 g/mol. The third-order valence-corrected chi connectivity index (χ3v) is 5.34. The zero-order valence-corrected chi connectivity index (χ0v) is 14.0. The SMILES string of the molecule is O=C(CCC1CCNCC1)NCc1nc2cc(Cl)ccc2s1. The topological polar surface area (TPSA) is 54.0 Å². The number of halogens is 1. The molecule has 0 saturated carbocycles. The van der Waals surface area contributed by atoms with Crippen molar-refractivity contribution in [2.24, 2.45) is 5.92 Å². The molecule has 1 aliphatic heterocycles. The molecule has 22 heavy (non-hydrogen) atoms. The number of hydrogen-bond acceptors (Lipinski definition) is 4. The number of aromatic nitrogens is 1. The second kappa shape index (κ2) is 7.40. The fourth-order valence-corrected chi connectivity index (χ4v) is 3.85. The highest BCUT2D eigenvalue weighted by atomic mass is 35.5. The zero-order chi connectivity index (χ0) is 15.4. The molecule has 0 atom stereocenters. The molecule has 0 radical (unpaired) electrons. The number of carbonyl (C=O) groups is 1. The fraction of sp³-hybridized carbons (Fsp3) is 0.500. The number of amides is 1. The molecular weight excluding hydrogens is 318 g/mol. The maximum Gasteiger partial charge on any atom is 0.220 e. The van der Waals surface area contributed by atoms with Crippen molar-refractivity contribution >= 4 is 39.1 Å². The van der Waals surface area contributed by atoms with Gasteiger partial charge in [0.2, 0.25) is 5.91 Å². The summed E-state index contributed by atoms with van der Waals surface area (Å²) < 4.78 is 1.10. The first-order chi connectivity index (χ1) is 10.7. The van der Waals surface area contributed by atoms with E-state index in [2.05, 4.69) is 15.6 Å². The minimum atomic E-state index is 0.121. The van der Waals surface area contributed by atoms with E-state index >= 15 is 0 Å². The van der Waals surface area contributed by atoms with E-state index in [1.807, 2.05) is 18.2 Å². The van der Waals surface area contributed by atoms with E-state index < -0.39 is 0 Å². The lowest BCUT2D eigenvalue weighted by Crippen LogP contribution is -2.29. The zero-order valence-electron chi connectivity index (χ0n) is 12.4. The van der Waals surface area contributed by atoms with Crippen molar-refractivity contribution in [3.63, 3.8) is 0 Å². The molecule has 0 bridgehead atoms. The highest BCUT2D eigenvalue weighted by Gasteiger charge is 2.14. The van der Waals surface area contributed by atoms with Crippen molar-refractivity contribution in [2.75, 3.05) is 13.1 Å². The van der Waals surface area contributed by atoms with Crippen LogP contribution in [0.15, 0.2) is 18.2 Å². The first-order valence-corrected chi connectivity index (χ1v) is 8.92. The largest absolute Gasteiger partial charge is 0.350 e. The number of nitrogens with one attached hydrogen (secondary N) is 2. The lowest BCUT2D eigenvalue weighted by molar-refractivity contribution is -0.121. The van der Waals surface area contributed by atoms with Crippen LogP contribution in [0.2, 0.25) is 5.02 Å². The highest BCUT2D eigenvalue weighted by molar-refractivity contribution is 7.18. The lowest BCUT2D eigenvalue weighted by atomic mass is 9.93. The van der Waals surface area contributed by atoms with E-state index in [1.54, 1.807) is 11.3 Å². The number of rotatable bonds is 5. The first kappa shape index (κ1) is 15.7. The Morgan fingerprint density at radius 1 is 1.41 bits per heavy atom. The maximum atomic E-state index is 12.0. The summed E-state index contributed by atoms with van der Waals surface area (Å²) in [5, 5.41) is 7.94. The summed E-state index contributed by atoms with van der Waals surface area (Å²) >= 11 is 7.56. The van der Waals surface area contributed by atoms with Crippen LogP contribution in [0.1, 0.15) is 30.7 Å². The average molecular weight is 338 g/mol. The summed E-state index contributed by atoms with van der Waals surface area (Å²) in [6, 6.07) is 5.69. The van der Waals surface area contributed by atoms with E-state index in [4.69, 9.17) is 11.6 Å². The molecule has 1 aromatic heterocycles. The van der Waals surface area contributed by atoms with Crippen LogP contribution in [0.4, 0.5) is 0 Å². The van der Waals surface area contributed by atoms with Gasteiger partial charge in [0.15, 0.2) is 0 Å². The molecule has 2 heterocycles. The van der Waals surface area contributed by atoms with Gasteiger partial charge >= 0.3 is 0 Å². The van der Waals surface area contributed by atoms with Gasteiger partial charge in [-0.3, -0.25) is 4.79 Å². The smallest absolute Gasteiger partial charge is 0.220 e. The molecule has 1 saturated heterocycles. The van der Waals surface area contributed by atoms with Gasteiger partial charge in [-0.25, -0.2) is 4.98 Å². The van der Waals surface area contributed by atoms with Gasteiger partial charge in [-0.15, -0.1) is 11.3 Å². The highest BCUT2D eigenvalue weighted by Crippen LogP contribution is 2.25. The molecule has 1 amide bonds. The van der Waals surface area contributed by atoms with E-state index in [0.29, 0.717) is 23.9 Å². The third-order valence-electron chi connectivity index (χ3n) is 4.07. The molecule has 1 aliphatic rings. The van der Waals surface area contributed by atoms with Gasteiger partial charge in [0, 0.05) is 11.4 Å². The van der Waals surface area contributed by atoms with Crippen molar-refractivity contribution in [1.29, 1.82) is 0 Å². The molecule has 2 aromatic rings. The van der Waals surface area contributed by atoms with Gasteiger partial charge in [0.05, 0.1) is 16.8 Å². The number of benzene rings is 1. The Bertz CT molecular complexity index is 652. The average Bonchev–Trinajstić information content (AvgIpc) is 2.94. The number of piperidine rings is 1. The van der Waals surface area contributed by atoms with Gasteiger partial charge in [0.25, 0.3) is 0 Å². The molecule has 0 aliphatic carbocycles. The molecule has 0 spiro atoms. The minimum absolute atomic E-state index is 0.121. The van der Waals surface area contributed by atoms with Crippen molar-refractivity contribution in [3.8, 4) is 0 Å². The predicted molar refractivity (Wildman–Crippen MR) is 91.3 cm³/mol. The molecular formula is C16H20ClN3OS. The van der Waals surface area contributed by atoms with Gasteiger partial charge < -0.3 is 10.6 Å². The number of carbonyl (C=O) groups excluding carboxylic acids is 1. The molecule has 2 N–H and O–H groups in total. The summed E-state index contributed by atoms with van der Waals surface area (Å²) in [7, 11) is 0. The number of nitrogens with zero attached hydrogens (tertiary/aromatic N) is 1.